The zero-order valence-electron chi connectivity index (χ0n) is 16.6. The molecule has 0 saturated carbocycles. The predicted molar refractivity (Wildman–Crippen MR) is 102 cm³/mol. The van der Waals surface area contributed by atoms with Gasteiger partial charge in [0.2, 0.25) is 0 Å². The van der Waals surface area contributed by atoms with Crippen molar-refractivity contribution in [2.75, 3.05) is 39.9 Å². The maximum absolute atomic E-state index is 5.48. The molecule has 0 aliphatic carbocycles. The molecule has 1 saturated heterocycles. The molecule has 2 rings (SSSR count). The summed E-state index contributed by atoms with van der Waals surface area (Å²) >= 11 is 0. The van der Waals surface area contributed by atoms with E-state index in [1.807, 2.05) is 25.7 Å². The molecule has 2 N–H and O–H groups in total. The first-order valence-corrected chi connectivity index (χ1v) is 9.19. The van der Waals surface area contributed by atoms with E-state index < -0.39 is 0 Å². The normalized spacial score (nSPS) is 17.8. The number of aliphatic imine (C=N–C) groups is 1. The van der Waals surface area contributed by atoms with Crippen LogP contribution in [-0.2, 0) is 18.3 Å². The number of guanidine groups is 1. The Kier molecular flexibility index (Phi) is 7.25. The monoisotopic (exact) mass is 350 g/mol. The Labute approximate surface area is 151 Å². The van der Waals surface area contributed by atoms with Gasteiger partial charge in [-0.2, -0.15) is 5.10 Å². The van der Waals surface area contributed by atoms with Gasteiger partial charge in [0.25, 0.3) is 0 Å². The Hall–Kier alpha value is -1.60. The first-order valence-electron chi connectivity index (χ1n) is 9.19. The molecule has 25 heavy (non-hydrogen) atoms. The largest absolute Gasteiger partial charge is 0.379 e. The van der Waals surface area contributed by atoms with Crippen LogP contribution in [0.5, 0.6) is 0 Å². The topological polar surface area (TPSA) is 66.7 Å². The average molecular weight is 351 g/mol. The SMILES string of the molecule is CN=C(NCc1c(C)nn(C)c1C)NCC(C(C)C)N1CCOCC1. The highest BCUT2D eigenvalue weighted by Crippen LogP contribution is 2.13. The summed E-state index contributed by atoms with van der Waals surface area (Å²) in [6.07, 6.45) is 0. The lowest BCUT2D eigenvalue weighted by Gasteiger charge is -2.37. The van der Waals surface area contributed by atoms with Crippen molar-refractivity contribution in [2.45, 2.75) is 40.3 Å². The van der Waals surface area contributed by atoms with Crippen molar-refractivity contribution < 1.29 is 4.74 Å². The molecule has 1 unspecified atom stereocenters. The third-order valence-electron chi connectivity index (χ3n) is 5.08. The number of hydrogen-bond acceptors (Lipinski definition) is 4. The zero-order valence-corrected chi connectivity index (χ0v) is 16.6. The number of aryl methyl sites for hydroxylation is 2. The van der Waals surface area contributed by atoms with Gasteiger partial charge >= 0.3 is 0 Å². The van der Waals surface area contributed by atoms with E-state index in [2.05, 4.69) is 46.4 Å². The van der Waals surface area contributed by atoms with Crippen molar-refractivity contribution in [3.8, 4) is 0 Å². The summed E-state index contributed by atoms with van der Waals surface area (Å²) in [4.78, 5) is 6.89. The third-order valence-corrected chi connectivity index (χ3v) is 5.08. The average Bonchev–Trinajstić information content (AvgIpc) is 2.84. The number of nitrogens with zero attached hydrogens (tertiary/aromatic N) is 4. The van der Waals surface area contributed by atoms with Crippen molar-refractivity contribution in [3.63, 3.8) is 0 Å². The molecular weight excluding hydrogens is 316 g/mol. The fourth-order valence-electron chi connectivity index (χ4n) is 3.36. The Balaban J connectivity index is 1.90. The van der Waals surface area contributed by atoms with E-state index in [1.165, 1.54) is 11.3 Å². The molecule has 0 radical (unpaired) electrons. The van der Waals surface area contributed by atoms with Crippen molar-refractivity contribution in [1.29, 1.82) is 0 Å². The first kappa shape index (κ1) is 19.7. The molecular formula is C18H34N6O. The minimum Gasteiger partial charge on any atom is -0.379 e. The first-order chi connectivity index (χ1) is 11.9. The number of nitrogens with one attached hydrogen (secondary N) is 2. The zero-order chi connectivity index (χ0) is 18.4. The van der Waals surface area contributed by atoms with Gasteiger partial charge in [-0.15, -0.1) is 0 Å². The van der Waals surface area contributed by atoms with E-state index in [0.717, 1.165) is 51.0 Å². The molecule has 0 aromatic carbocycles. The second kappa shape index (κ2) is 9.20. The van der Waals surface area contributed by atoms with Crippen LogP contribution in [0.25, 0.3) is 0 Å². The lowest BCUT2D eigenvalue weighted by Crippen LogP contribution is -2.52. The molecule has 7 heteroatoms. The Morgan fingerprint density at radius 2 is 1.92 bits per heavy atom. The summed E-state index contributed by atoms with van der Waals surface area (Å²) in [5.74, 6) is 1.41. The fourth-order valence-corrected chi connectivity index (χ4v) is 3.36. The van der Waals surface area contributed by atoms with Gasteiger partial charge in [-0.25, -0.2) is 0 Å². The minimum absolute atomic E-state index is 0.476. The van der Waals surface area contributed by atoms with Gasteiger partial charge < -0.3 is 15.4 Å². The number of hydrogen-bond donors (Lipinski definition) is 2. The molecule has 0 amide bonds. The fraction of sp³-hybridized carbons (Fsp3) is 0.778. The molecule has 1 aromatic rings. The molecule has 1 fully saturated rings. The highest BCUT2D eigenvalue weighted by atomic mass is 16.5. The van der Waals surface area contributed by atoms with Crippen LogP contribution in [-0.4, -0.2) is 66.6 Å². The van der Waals surface area contributed by atoms with E-state index in [4.69, 9.17) is 4.74 Å². The van der Waals surface area contributed by atoms with Gasteiger partial charge in [0.15, 0.2) is 5.96 Å². The van der Waals surface area contributed by atoms with E-state index >= 15 is 0 Å². The molecule has 1 atom stereocenters. The minimum atomic E-state index is 0.476. The van der Waals surface area contributed by atoms with Crippen LogP contribution < -0.4 is 10.6 Å². The lowest BCUT2D eigenvalue weighted by atomic mass is 10.0. The number of ether oxygens (including phenoxy) is 1. The number of aromatic nitrogens is 2. The molecule has 142 valence electrons. The second-order valence-corrected chi connectivity index (χ2v) is 7.04. The van der Waals surface area contributed by atoms with E-state index in [9.17, 15) is 0 Å². The number of morpholine rings is 1. The van der Waals surface area contributed by atoms with Gasteiger partial charge in [-0.3, -0.25) is 14.6 Å². The van der Waals surface area contributed by atoms with Crippen molar-refractivity contribution in [2.24, 2.45) is 18.0 Å². The van der Waals surface area contributed by atoms with Crippen LogP contribution in [0.1, 0.15) is 30.8 Å². The van der Waals surface area contributed by atoms with Crippen LogP contribution in [0.3, 0.4) is 0 Å². The summed E-state index contributed by atoms with van der Waals surface area (Å²) < 4.78 is 7.41. The van der Waals surface area contributed by atoms with Gasteiger partial charge in [0, 0.05) is 57.6 Å². The van der Waals surface area contributed by atoms with E-state index in [0.29, 0.717) is 12.0 Å². The van der Waals surface area contributed by atoms with Crippen molar-refractivity contribution >= 4 is 5.96 Å². The smallest absolute Gasteiger partial charge is 0.191 e. The Bertz CT molecular complexity index is 574. The van der Waals surface area contributed by atoms with Crippen LogP contribution in [0.2, 0.25) is 0 Å². The van der Waals surface area contributed by atoms with Crippen LogP contribution in [0, 0.1) is 19.8 Å². The molecule has 1 aliphatic heterocycles. The standard InChI is InChI=1S/C18H34N6O/c1-13(2)17(24-7-9-25-10-8-24)12-21-18(19-5)20-11-16-14(3)22-23(6)15(16)4/h13,17H,7-12H2,1-6H3,(H2,19,20,21). The maximum atomic E-state index is 5.48. The lowest BCUT2D eigenvalue weighted by molar-refractivity contribution is 0.00752. The summed E-state index contributed by atoms with van der Waals surface area (Å²) in [5.41, 5.74) is 3.49. The predicted octanol–water partition coefficient (Wildman–Crippen LogP) is 1.06. The number of rotatable bonds is 6. The summed E-state index contributed by atoms with van der Waals surface area (Å²) in [7, 11) is 3.80. The van der Waals surface area contributed by atoms with Crippen LogP contribution in [0.4, 0.5) is 0 Å². The summed E-state index contributed by atoms with van der Waals surface area (Å²) in [6, 6.07) is 0.476. The highest BCUT2D eigenvalue weighted by Gasteiger charge is 2.23. The molecule has 2 heterocycles. The van der Waals surface area contributed by atoms with Crippen LogP contribution in [0.15, 0.2) is 4.99 Å². The van der Waals surface area contributed by atoms with Crippen molar-refractivity contribution in [1.82, 2.24) is 25.3 Å². The third kappa shape index (κ3) is 5.19. The Morgan fingerprint density at radius 1 is 1.24 bits per heavy atom. The quantitative estimate of drug-likeness (QED) is 0.593. The second-order valence-electron chi connectivity index (χ2n) is 7.04. The van der Waals surface area contributed by atoms with Gasteiger partial charge in [-0.1, -0.05) is 13.8 Å². The van der Waals surface area contributed by atoms with Gasteiger partial charge in [0.1, 0.15) is 0 Å². The van der Waals surface area contributed by atoms with E-state index in [-0.39, 0.29) is 0 Å². The maximum Gasteiger partial charge on any atom is 0.191 e. The summed E-state index contributed by atoms with van der Waals surface area (Å²) in [6.45, 7) is 14.0. The van der Waals surface area contributed by atoms with Crippen LogP contribution >= 0.6 is 0 Å². The summed E-state index contributed by atoms with van der Waals surface area (Å²) in [5, 5.41) is 11.4. The van der Waals surface area contributed by atoms with Crippen molar-refractivity contribution in [3.05, 3.63) is 17.0 Å². The highest BCUT2D eigenvalue weighted by molar-refractivity contribution is 5.79. The molecule has 0 bridgehead atoms. The van der Waals surface area contributed by atoms with E-state index in [1.54, 1.807) is 0 Å². The molecule has 7 nitrogen and oxygen atoms in total. The Morgan fingerprint density at radius 3 is 2.44 bits per heavy atom. The molecule has 0 spiro atoms. The molecule has 1 aromatic heterocycles. The van der Waals surface area contributed by atoms with Gasteiger partial charge in [0.05, 0.1) is 18.9 Å². The molecule has 1 aliphatic rings. The van der Waals surface area contributed by atoms with Gasteiger partial charge in [-0.05, 0) is 19.8 Å².